The van der Waals surface area contributed by atoms with Crippen LogP contribution in [0.15, 0.2) is 35.8 Å². The van der Waals surface area contributed by atoms with Crippen LogP contribution in [-0.2, 0) is 11.2 Å². The van der Waals surface area contributed by atoms with E-state index in [0.717, 1.165) is 36.8 Å². The number of imidazole rings is 1. The standard InChI is InChI=1S/C11H12N2O/c14-7-10-3-1-9(2-4-10)5-11-6-12-8-13-11/h1,3,6-8H,2,4-5H2,(H,12,13). The minimum atomic E-state index is 0.865. The van der Waals surface area contributed by atoms with Gasteiger partial charge in [-0.15, -0.1) is 0 Å². The molecule has 0 bridgehead atoms. The molecule has 0 spiro atoms. The Morgan fingerprint density at radius 2 is 2.36 bits per heavy atom. The number of nitrogens with one attached hydrogen (secondary N) is 1. The van der Waals surface area contributed by atoms with Crippen molar-refractivity contribution in [3.8, 4) is 0 Å². The summed E-state index contributed by atoms with van der Waals surface area (Å²) < 4.78 is 0. The maximum Gasteiger partial charge on any atom is 0.146 e. The first-order valence-electron chi connectivity index (χ1n) is 4.69. The van der Waals surface area contributed by atoms with Gasteiger partial charge in [0, 0.05) is 18.3 Å². The van der Waals surface area contributed by atoms with E-state index in [1.54, 1.807) is 6.33 Å². The first kappa shape index (κ1) is 8.94. The Morgan fingerprint density at radius 1 is 1.43 bits per heavy atom. The fourth-order valence-corrected chi connectivity index (χ4v) is 1.57. The van der Waals surface area contributed by atoms with Gasteiger partial charge in [0.25, 0.3) is 0 Å². The lowest BCUT2D eigenvalue weighted by Crippen LogP contribution is -1.97. The van der Waals surface area contributed by atoms with Crippen LogP contribution >= 0.6 is 0 Å². The van der Waals surface area contributed by atoms with Crippen LogP contribution in [-0.4, -0.2) is 16.3 Å². The van der Waals surface area contributed by atoms with Crippen LogP contribution in [0.5, 0.6) is 0 Å². The predicted octanol–water partition coefficient (Wildman–Crippen LogP) is 1.80. The van der Waals surface area contributed by atoms with Crippen molar-refractivity contribution >= 4 is 6.29 Å². The topological polar surface area (TPSA) is 45.8 Å². The number of carbonyl (C=O) groups excluding carboxylic acids is 1. The van der Waals surface area contributed by atoms with E-state index in [0.29, 0.717) is 0 Å². The fourth-order valence-electron chi connectivity index (χ4n) is 1.57. The van der Waals surface area contributed by atoms with Gasteiger partial charge < -0.3 is 4.98 Å². The van der Waals surface area contributed by atoms with E-state index in [1.165, 1.54) is 5.57 Å². The van der Waals surface area contributed by atoms with Gasteiger partial charge in [0.05, 0.1) is 6.33 Å². The maximum atomic E-state index is 10.5. The normalized spacial score (nSPS) is 16.0. The summed E-state index contributed by atoms with van der Waals surface area (Å²) >= 11 is 0. The number of rotatable bonds is 3. The van der Waals surface area contributed by atoms with E-state index in [-0.39, 0.29) is 0 Å². The van der Waals surface area contributed by atoms with Gasteiger partial charge in [-0.2, -0.15) is 0 Å². The van der Waals surface area contributed by atoms with Crippen molar-refractivity contribution in [2.75, 3.05) is 0 Å². The highest BCUT2D eigenvalue weighted by Gasteiger charge is 2.06. The molecule has 0 aromatic carbocycles. The molecule has 1 aromatic heterocycles. The van der Waals surface area contributed by atoms with Gasteiger partial charge in [-0.05, 0) is 18.4 Å². The smallest absolute Gasteiger partial charge is 0.146 e. The number of aromatic amines is 1. The molecule has 2 rings (SSSR count). The molecule has 0 amide bonds. The van der Waals surface area contributed by atoms with Gasteiger partial charge in [0.1, 0.15) is 6.29 Å². The molecular formula is C11H12N2O. The molecule has 1 aliphatic carbocycles. The van der Waals surface area contributed by atoms with Gasteiger partial charge in [-0.1, -0.05) is 17.7 Å². The van der Waals surface area contributed by atoms with Crippen molar-refractivity contribution in [2.24, 2.45) is 0 Å². The molecule has 0 aliphatic heterocycles. The van der Waals surface area contributed by atoms with Crippen LogP contribution in [0.2, 0.25) is 0 Å². The Kier molecular flexibility index (Phi) is 2.58. The third kappa shape index (κ3) is 1.99. The van der Waals surface area contributed by atoms with Crippen LogP contribution < -0.4 is 0 Å². The van der Waals surface area contributed by atoms with Crippen molar-refractivity contribution < 1.29 is 4.79 Å². The molecule has 0 unspecified atom stereocenters. The second-order valence-electron chi connectivity index (χ2n) is 3.44. The van der Waals surface area contributed by atoms with Crippen molar-refractivity contribution in [3.63, 3.8) is 0 Å². The highest BCUT2D eigenvalue weighted by molar-refractivity contribution is 5.74. The monoisotopic (exact) mass is 188 g/mol. The van der Waals surface area contributed by atoms with E-state index < -0.39 is 0 Å². The number of nitrogens with zero attached hydrogens (tertiary/aromatic N) is 1. The van der Waals surface area contributed by atoms with E-state index in [4.69, 9.17) is 0 Å². The number of aldehydes is 1. The molecule has 0 atom stereocenters. The van der Waals surface area contributed by atoms with Crippen LogP contribution in [0.3, 0.4) is 0 Å². The number of carbonyl (C=O) groups is 1. The molecule has 1 N–H and O–H groups in total. The number of hydrogen-bond acceptors (Lipinski definition) is 2. The highest BCUT2D eigenvalue weighted by Crippen LogP contribution is 2.19. The molecule has 0 saturated carbocycles. The Balaban J connectivity index is 2.04. The lowest BCUT2D eigenvalue weighted by Gasteiger charge is -2.09. The van der Waals surface area contributed by atoms with E-state index in [9.17, 15) is 4.79 Å². The molecule has 0 fully saturated rings. The van der Waals surface area contributed by atoms with Crippen LogP contribution in [0.1, 0.15) is 18.5 Å². The highest BCUT2D eigenvalue weighted by atomic mass is 16.1. The molecular weight excluding hydrogens is 176 g/mol. The second-order valence-corrected chi connectivity index (χ2v) is 3.44. The third-order valence-electron chi connectivity index (χ3n) is 2.39. The lowest BCUT2D eigenvalue weighted by molar-refractivity contribution is -0.105. The van der Waals surface area contributed by atoms with Gasteiger partial charge in [0.2, 0.25) is 0 Å². The minimum Gasteiger partial charge on any atom is -0.348 e. The predicted molar refractivity (Wildman–Crippen MR) is 53.8 cm³/mol. The SMILES string of the molecule is O=CC1=CC=C(Cc2cnc[nH]2)CC1. The second kappa shape index (κ2) is 4.05. The van der Waals surface area contributed by atoms with Gasteiger partial charge in [0.15, 0.2) is 0 Å². The van der Waals surface area contributed by atoms with Crippen LogP contribution in [0.25, 0.3) is 0 Å². The lowest BCUT2D eigenvalue weighted by atomic mass is 9.96. The largest absolute Gasteiger partial charge is 0.348 e. The van der Waals surface area contributed by atoms with Crippen molar-refractivity contribution in [1.82, 2.24) is 9.97 Å². The van der Waals surface area contributed by atoms with Gasteiger partial charge in [-0.3, -0.25) is 4.79 Å². The number of allylic oxidation sites excluding steroid dienone is 4. The molecule has 1 aliphatic rings. The molecule has 72 valence electrons. The summed E-state index contributed by atoms with van der Waals surface area (Å²) in [6.45, 7) is 0. The minimum absolute atomic E-state index is 0.865. The zero-order chi connectivity index (χ0) is 9.80. The molecule has 1 aromatic rings. The van der Waals surface area contributed by atoms with E-state index >= 15 is 0 Å². The molecule has 3 heteroatoms. The zero-order valence-corrected chi connectivity index (χ0v) is 7.86. The Hall–Kier alpha value is -1.64. The first-order chi connectivity index (χ1) is 6.88. The summed E-state index contributed by atoms with van der Waals surface area (Å²) in [5.41, 5.74) is 3.36. The van der Waals surface area contributed by atoms with Crippen molar-refractivity contribution in [1.29, 1.82) is 0 Å². The van der Waals surface area contributed by atoms with Crippen molar-refractivity contribution in [2.45, 2.75) is 19.3 Å². The van der Waals surface area contributed by atoms with Crippen LogP contribution in [0.4, 0.5) is 0 Å². The Labute approximate surface area is 82.6 Å². The number of hydrogen-bond donors (Lipinski definition) is 1. The zero-order valence-electron chi connectivity index (χ0n) is 7.86. The summed E-state index contributed by atoms with van der Waals surface area (Å²) in [6, 6.07) is 0. The molecule has 0 saturated heterocycles. The molecule has 1 heterocycles. The molecule has 0 radical (unpaired) electrons. The summed E-state index contributed by atoms with van der Waals surface area (Å²) in [4.78, 5) is 17.5. The van der Waals surface area contributed by atoms with Gasteiger partial charge >= 0.3 is 0 Å². The van der Waals surface area contributed by atoms with Gasteiger partial charge in [-0.25, -0.2) is 4.98 Å². The summed E-state index contributed by atoms with van der Waals surface area (Å²) in [6.07, 6.45) is 11.1. The molecule has 14 heavy (non-hydrogen) atoms. The summed E-state index contributed by atoms with van der Waals surface area (Å²) in [5, 5.41) is 0. The quantitative estimate of drug-likeness (QED) is 0.735. The van der Waals surface area contributed by atoms with Crippen molar-refractivity contribution in [3.05, 3.63) is 41.5 Å². The van der Waals surface area contributed by atoms with E-state index in [2.05, 4.69) is 9.97 Å². The average Bonchev–Trinajstić information content (AvgIpc) is 2.72. The van der Waals surface area contributed by atoms with Crippen LogP contribution in [0, 0.1) is 0 Å². The third-order valence-corrected chi connectivity index (χ3v) is 2.39. The number of H-pyrrole nitrogens is 1. The number of aromatic nitrogens is 2. The average molecular weight is 188 g/mol. The summed E-state index contributed by atoms with van der Waals surface area (Å²) in [5.74, 6) is 0. The fraction of sp³-hybridized carbons (Fsp3) is 0.273. The van der Waals surface area contributed by atoms with E-state index in [1.807, 2.05) is 18.3 Å². The Morgan fingerprint density at radius 3 is 2.93 bits per heavy atom. The molecule has 3 nitrogen and oxygen atoms in total. The Bertz CT molecular complexity index is 374. The maximum absolute atomic E-state index is 10.5. The summed E-state index contributed by atoms with van der Waals surface area (Å²) in [7, 11) is 0. The first-order valence-corrected chi connectivity index (χ1v) is 4.69.